The van der Waals surface area contributed by atoms with E-state index in [0.29, 0.717) is 35.4 Å². The van der Waals surface area contributed by atoms with Crippen molar-refractivity contribution in [1.29, 1.82) is 0 Å². The van der Waals surface area contributed by atoms with Gasteiger partial charge in [0.25, 0.3) is 0 Å². The summed E-state index contributed by atoms with van der Waals surface area (Å²) in [6, 6.07) is 8.98. The first-order valence-corrected chi connectivity index (χ1v) is 9.87. The predicted molar refractivity (Wildman–Crippen MR) is 107 cm³/mol. The van der Waals surface area contributed by atoms with E-state index in [9.17, 15) is 9.90 Å². The number of para-hydroxylation sites is 1. The quantitative estimate of drug-likeness (QED) is 0.616. The molecule has 8 heteroatoms. The molecule has 0 saturated carbocycles. The number of hydrogen-bond donors (Lipinski definition) is 2. The number of ether oxygens (including phenoxy) is 1. The summed E-state index contributed by atoms with van der Waals surface area (Å²) in [6.45, 7) is 3.70. The van der Waals surface area contributed by atoms with Crippen LogP contribution in [0.1, 0.15) is 11.8 Å². The summed E-state index contributed by atoms with van der Waals surface area (Å²) in [5.74, 6) is -0.242. The molecule has 2 N–H and O–H groups in total. The van der Waals surface area contributed by atoms with Gasteiger partial charge in [0.05, 0.1) is 41.6 Å². The molecule has 2 rings (SSSR count). The molecule has 1 unspecified atom stereocenters. The zero-order valence-corrected chi connectivity index (χ0v) is 16.8. The van der Waals surface area contributed by atoms with Crippen LogP contribution in [0.3, 0.4) is 0 Å². The van der Waals surface area contributed by atoms with Gasteiger partial charge in [-0.3, -0.25) is 9.69 Å². The van der Waals surface area contributed by atoms with Crippen LogP contribution in [0.15, 0.2) is 35.7 Å². The average Bonchev–Trinajstić information content (AvgIpc) is 3.11. The second-order valence-electron chi connectivity index (χ2n) is 5.72. The van der Waals surface area contributed by atoms with Crippen LogP contribution < -0.4 is 5.32 Å². The summed E-state index contributed by atoms with van der Waals surface area (Å²) < 4.78 is 5.52. The van der Waals surface area contributed by atoms with Crippen molar-refractivity contribution < 1.29 is 14.6 Å². The van der Waals surface area contributed by atoms with E-state index in [1.165, 1.54) is 0 Å². The molecule has 142 valence electrons. The highest BCUT2D eigenvalue weighted by Crippen LogP contribution is 2.29. The molecule has 1 aromatic heterocycles. The second-order valence-corrected chi connectivity index (χ2v) is 7.57. The van der Waals surface area contributed by atoms with Gasteiger partial charge in [0.15, 0.2) is 0 Å². The third-order valence-corrected chi connectivity index (χ3v) is 5.13. The third-order valence-electron chi connectivity index (χ3n) is 3.65. The zero-order valence-electron chi connectivity index (χ0n) is 14.5. The van der Waals surface area contributed by atoms with Gasteiger partial charge in [-0.25, -0.2) is 0 Å². The van der Waals surface area contributed by atoms with Crippen molar-refractivity contribution in [3.63, 3.8) is 0 Å². The maximum Gasteiger partial charge on any atom is 0.238 e. The van der Waals surface area contributed by atoms with Gasteiger partial charge >= 0.3 is 0 Å². The van der Waals surface area contributed by atoms with Crippen LogP contribution in [0.2, 0.25) is 10.0 Å². The molecule has 0 aliphatic rings. The summed E-state index contributed by atoms with van der Waals surface area (Å²) >= 11 is 13.7. The number of anilines is 1. The molecule has 2 aromatic rings. The summed E-state index contributed by atoms with van der Waals surface area (Å²) in [5, 5.41) is 15.6. The second kappa shape index (κ2) is 10.9. The Kier molecular flexibility index (Phi) is 8.84. The molecule has 0 spiro atoms. The smallest absolute Gasteiger partial charge is 0.238 e. The number of nitrogens with zero attached hydrogens (tertiary/aromatic N) is 1. The summed E-state index contributed by atoms with van der Waals surface area (Å²) in [6.07, 6.45) is -0.674. The number of carbonyl (C=O) groups excluding carboxylic acids is 1. The van der Waals surface area contributed by atoms with Crippen molar-refractivity contribution in [1.82, 2.24) is 4.90 Å². The summed E-state index contributed by atoms with van der Waals surface area (Å²) in [4.78, 5) is 15.2. The van der Waals surface area contributed by atoms with Crippen LogP contribution in [-0.4, -0.2) is 48.3 Å². The molecule has 1 amide bonds. The Hall–Kier alpha value is -1.15. The van der Waals surface area contributed by atoms with Crippen LogP contribution in [0, 0.1) is 0 Å². The minimum Gasteiger partial charge on any atom is -0.389 e. The van der Waals surface area contributed by atoms with Gasteiger partial charge in [0.2, 0.25) is 5.91 Å². The van der Waals surface area contributed by atoms with E-state index in [2.05, 4.69) is 5.32 Å². The molecule has 1 heterocycles. The number of amides is 1. The first-order chi connectivity index (χ1) is 12.5. The number of carbonyl (C=O) groups is 1. The fraction of sp³-hybridized carbons (Fsp3) is 0.389. The van der Waals surface area contributed by atoms with Crippen molar-refractivity contribution in [2.75, 3.05) is 31.6 Å². The number of thiophene rings is 1. The lowest BCUT2D eigenvalue weighted by Crippen LogP contribution is -2.39. The van der Waals surface area contributed by atoms with Gasteiger partial charge in [0.1, 0.15) is 0 Å². The van der Waals surface area contributed by atoms with E-state index >= 15 is 0 Å². The number of benzene rings is 1. The molecular formula is C18H22Cl2N2O3S. The van der Waals surface area contributed by atoms with Gasteiger partial charge in [-0.15, -0.1) is 11.3 Å². The molecule has 5 nitrogen and oxygen atoms in total. The Bertz CT molecular complexity index is 677. The lowest BCUT2D eigenvalue weighted by atomic mass is 10.3. The van der Waals surface area contributed by atoms with Gasteiger partial charge in [-0.05, 0) is 30.1 Å². The van der Waals surface area contributed by atoms with E-state index in [4.69, 9.17) is 27.9 Å². The van der Waals surface area contributed by atoms with Crippen molar-refractivity contribution >= 4 is 46.1 Å². The lowest BCUT2D eigenvalue weighted by molar-refractivity contribution is -0.117. The normalized spacial score (nSPS) is 12.3. The number of aliphatic hydroxyl groups is 1. The zero-order chi connectivity index (χ0) is 18.9. The van der Waals surface area contributed by atoms with Crippen molar-refractivity contribution in [2.45, 2.75) is 19.6 Å². The van der Waals surface area contributed by atoms with Crippen molar-refractivity contribution in [2.24, 2.45) is 0 Å². The Labute approximate surface area is 167 Å². The van der Waals surface area contributed by atoms with Crippen LogP contribution in [-0.2, 0) is 16.1 Å². The standard InChI is InChI=1S/C18H22Cl2N2O3S/c1-2-22(9-13(23)11-25-12-14-5-4-8-26-14)10-17(24)21-18-15(19)6-3-7-16(18)20/h3-8,13,23H,2,9-12H2,1H3,(H,21,24). The third kappa shape index (κ3) is 6.87. The van der Waals surface area contributed by atoms with E-state index in [-0.39, 0.29) is 19.1 Å². The molecule has 1 atom stereocenters. The molecule has 0 fully saturated rings. The Morgan fingerprint density at radius 3 is 2.65 bits per heavy atom. The number of rotatable bonds is 10. The van der Waals surface area contributed by atoms with Crippen LogP contribution in [0.4, 0.5) is 5.69 Å². The van der Waals surface area contributed by atoms with Gasteiger partial charge in [-0.2, -0.15) is 0 Å². The fourth-order valence-corrected chi connectivity index (χ4v) is 3.48. The maximum absolute atomic E-state index is 12.3. The summed E-state index contributed by atoms with van der Waals surface area (Å²) in [7, 11) is 0. The molecule has 0 bridgehead atoms. The highest BCUT2D eigenvalue weighted by Gasteiger charge is 2.16. The van der Waals surface area contributed by atoms with E-state index in [0.717, 1.165) is 4.88 Å². The number of likely N-dealkylation sites (N-methyl/N-ethyl adjacent to an activating group) is 1. The number of halogens is 2. The maximum atomic E-state index is 12.3. The Balaban J connectivity index is 1.77. The molecular weight excluding hydrogens is 395 g/mol. The summed E-state index contributed by atoms with van der Waals surface area (Å²) in [5.41, 5.74) is 0.400. The number of aliphatic hydroxyl groups excluding tert-OH is 1. The Morgan fingerprint density at radius 1 is 1.31 bits per heavy atom. The van der Waals surface area contributed by atoms with E-state index in [1.54, 1.807) is 29.5 Å². The Morgan fingerprint density at radius 2 is 2.04 bits per heavy atom. The molecule has 0 aliphatic heterocycles. The van der Waals surface area contributed by atoms with Gasteiger partial charge in [-0.1, -0.05) is 42.3 Å². The minimum atomic E-state index is -0.674. The first-order valence-electron chi connectivity index (χ1n) is 8.24. The SMILES string of the molecule is CCN(CC(=O)Nc1c(Cl)cccc1Cl)CC(O)COCc1cccs1. The van der Waals surface area contributed by atoms with Crippen LogP contribution in [0.5, 0.6) is 0 Å². The minimum absolute atomic E-state index is 0.125. The fourth-order valence-electron chi connectivity index (χ4n) is 2.35. The molecule has 0 radical (unpaired) electrons. The van der Waals surface area contributed by atoms with E-state index in [1.807, 2.05) is 29.3 Å². The van der Waals surface area contributed by atoms with Gasteiger partial charge < -0.3 is 15.2 Å². The van der Waals surface area contributed by atoms with Gasteiger partial charge in [0, 0.05) is 11.4 Å². The molecule has 1 aromatic carbocycles. The monoisotopic (exact) mass is 416 g/mol. The lowest BCUT2D eigenvalue weighted by Gasteiger charge is -2.23. The van der Waals surface area contributed by atoms with E-state index < -0.39 is 6.10 Å². The van der Waals surface area contributed by atoms with Crippen LogP contribution in [0.25, 0.3) is 0 Å². The predicted octanol–water partition coefficient (Wildman–Crippen LogP) is 3.89. The highest BCUT2D eigenvalue weighted by molar-refractivity contribution is 7.09. The van der Waals surface area contributed by atoms with Crippen molar-refractivity contribution in [3.05, 3.63) is 50.6 Å². The highest BCUT2D eigenvalue weighted by atomic mass is 35.5. The molecule has 26 heavy (non-hydrogen) atoms. The average molecular weight is 417 g/mol. The number of nitrogens with one attached hydrogen (secondary N) is 1. The molecule has 0 aliphatic carbocycles. The largest absolute Gasteiger partial charge is 0.389 e. The first kappa shape index (κ1) is 21.2. The van der Waals surface area contributed by atoms with Crippen LogP contribution >= 0.6 is 34.5 Å². The molecule has 0 saturated heterocycles. The number of hydrogen-bond acceptors (Lipinski definition) is 5. The topological polar surface area (TPSA) is 61.8 Å². The van der Waals surface area contributed by atoms with Crippen molar-refractivity contribution in [3.8, 4) is 0 Å².